The molecule has 1 heterocycles. The molecule has 0 radical (unpaired) electrons. The fourth-order valence-corrected chi connectivity index (χ4v) is 3.95. The van der Waals surface area contributed by atoms with E-state index in [-0.39, 0.29) is 12.1 Å². The Kier molecular flexibility index (Phi) is 4.04. The molecule has 1 N–H and O–H groups in total. The molecule has 2 aromatic rings. The van der Waals surface area contributed by atoms with E-state index in [1.54, 1.807) is 11.3 Å². The molecule has 2 nitrogen and oxygen atoms in total. The number of hydrogen-bond acceptors (Lipinski definition) is 3. The van der Waals surface area contributed by atoms with Crippen LogP contribution in [0.3, 0.4) is 0 Å². The van der Waals surface area contributed by atoms with Crippen molar-refractivity contribution in [3.63, 3.8) is 0 Å². The number of nitrogens with zero attached hydrogens (tertiary/aromatic N) is 1. The summed E-state index contributed by atoms with van der Waals surface area (Å²) < 4.78 is 26.8. The summed E-state index contributed by atoms with van der Waals surface area (Å²) in [6.45, 7) is 3.92. The van der Waals surface area contributed by atoms with E-state index in [0.717, 1.165) is 23.9 Å². The largest absolute Gasteiger partial charge is 0.301 e. The fraction of sp³-hybridized carbons (Fsp3) is 0.438. The maximum absolute atomic E-state index is 13.8. The molecule has 3 rings (SSSR count). The topological polar surface area (TPSA) is 24.9 Å². The number of rotatable bonds is 4. The fourth-order valence-electron chi connectivity index (χ4n) is 2.78. The predicted octanol–water partition coefficient (Wildman–Crippen LogP) is 4.32. The number of aryl methyl sites for hydroxylation is 2. The number of nitrogens with one attached hydrogen (secondary N) is 1. The van der Waals surface area contributed by atoms with Gasteiger partial charge >= 0.3 is 0 Å². The monoisotopic (exact) mass is 308 g/mol. The highest BCUT2D eigenvalue weighted by Crippen LogP contribution is 2.31. The number of fused-ring (bicyclic) bond motifs is 1. The minimum absolute atomic E-state index is 0.0556. The van der Waals surface area contributed by atoms with E-state index in [1.165, 1.54) is 29.1 Å². The highest BCUT2D eigenvalue weighted by molar-refractivity contribution is 7.11. The first-order chi connectivity index (χ1) is 10.0. The van der Waals surface area contributed by atoms with E-state index in [4.69, 9.17) is 0 Å². The van der Waals surface area contributed by atoms with Crippen molar-refractivity contribution >= 4 is 11.3 Å². The number of benzene rings is 1. The second kappa shape index (κ2) is 5.81. The number of aromatic nitrogens is 1. The second-order valence-corrected chi connectivity index (χ2v) is 6.67. The van der Waals surface area contributed by atoms with Crippen molar-refractivity contribution in [2.24, 2.45) is 0 Å². The zero-order valence-electron chi connectivity index (χ0n) is 12.1. The van der Waals surface area contributed by atoms with E-state index in [1.807, 2.05) is 13.8 Å². The van der Waals surface area contributed by atoms with E-state index in [2.05, 4.69) is 10.3 Å². The van der Waals surface area contributed by atoms with E-state index >= 15 is 0 Å². The molecule has 1 aliphatic rings. The van der Waals surface area contributed by atoms with E-state index in [9.17, 15) is 8.78 Å². The summed E-state index contributed by atoms with van der Waals surface area (Å²) in [6.07, 6.45) is 3.40. The summed E-state index contributed by atoms with van der Waals surface area (Å²) in [5.41, 5.74) is 1.71. The van der Waals surface area contributed by atoms with Crippen molar-refractivity contribution in [2.45, 2.75) is 45.2 Å². The van der Waals surface area contributed by atoms with Gasteiger partial charge in [-0.1, -0.05) is 6.07 Å². The first-order valence-corrected chi connectivity index (χ1v) is 8.05. The third-order valence-electron chi connectivity index (χ3n) is 3.91. The Balaban J connectivity index is 1.72. The van der Waals surface area contributed by atoms with E-state index in [0.29, 0.717) is 5.56 Å². The molecule has 0 aliphatic heterocycles. The van der Waals surface area contributed by atoms with Gasteiger partial charge in [0.05, 0.1) is 11.7 Å². The van der Waals surface area contributed by atoms with Gasteiger partial charge in [-0.2, -0.15) is 0 Å². The molecule has 0 spiro atoms. The Bertz CT molecular complexity index is 632. The molecule has 1 aliphatic carbocycles. The Morgan fingerprint density at radius 2 is 2.00 bits per heavy atom. The molecule has 0 unspecified atom stereocenters. The van der Waals surface area contributed by atoms with Gasteiger partial charge in [-0.3, -0.25) is 0 Å². The quantitative estimate of drug-likeness (QED) is 0.910. The van der Waals surface area contributed by atoms with Crippen molar-refractivity contribution in [3.8, 4) is 0 Å². The van der Waals surface area contributed by atoms with Gasteiger partial charge in [0.1, 0.15) is 16.6 Å². The van der Waals surface area contributed by atoms with Crippen LogP contribution in [-0.2, 0) is 12.8 Å². The van der Waals surface area contributed by atoms with Gasteiger partial charge < -0.3 is 5.32 Å². The maximum Gasteiger partial charge on any atom is 0.130 e. The van der Waals surface area contributed by atoms with E-state index < -0.39 is 11.6 Å². The molecule has 0 saturated heterocycles. The van der Waals surface area contributed by atoms with Gasteiger partial charge in [-0.05, 0) is 39.2 Å². The Hall–Kier alpha value is -1.33. The summed E-state index contributed by atoms with van der Waals surface area (Å²) in [4.78, 5) is 6.06. The molecule has 112 valence electrons. The summed E-state index contributed by atoms with van der Waals surface area (Å²) in [6, 6.07) is 3.58. The third kappa shape index (κ3) is 2.99. The van der Waals surface area contributed by atoms with Crippen LogP contribution >= 0.6 is 11.3 Å². The Morgan fingerprint density at radius 3 is 2.71 bits per heavy atom. The lowest BCUT2D eigenvalue weighted by atomic mass is 10.1. The summed E-state index contributed by atoms with van der Waals surface area (Å²) in [5, 5.41) is 4.40. The molecule has 1 aromatic heterocycles. The summed E-state index contributed by atoms with van der Waals surface area (Å²) in [7, 11) is 0. The first kappa shape index (κ1) is 14.6. The Morgan fingerprint density at radius 1 is 1.19 bits per heavy atom. The normalized spacial score (nSPS) is 16.8. The molecule has 1 aromatic carbocycles. The van der Waals surface area contributed by atoms with Crippen molar-refractivity contribution in [1.82, 2.24) is 10.3 Å². The maximum atomic E-state index is 13.8. The molecule has 0 bridgehead atoms. The molecular formula is C16H18F2N2S. The number of halogens is 2. The molecule has 5 heteroatoms. The predicted molar refractivity (Wildman–Crippen MR) is 80.5 cm³/mol. The van der Waals surface area contributed by atoms with Crippen molar-refractivity contribution in [2.75, 3.05) is 0 Å². The van der Waals surface area contributed by atoms with Crippen LogP contribution in [0.1, 0.15) is 53.5 Å². The van der Waals surface area contributed by atoms with Crippen molar-refractivity contribution in [1.29, 1.82) is 0 Å². The zero-order chi connectivity index (χ0) is 15.0. The van der Waals surface area contributed by atoms with Crippen LogP contribution in [-0.4, -0.2) is 4.98 Å². The van der Waals surface area contributed by atoms with Gasteiger partial charge in [0, 0.05) is 22.5 Å². The van der Waals surface area contributed by atoms with Crippen LogP contribution in [0, 0.1) is 11.6 Å². The van der Waals surface area contributed by atoms with Crippen LogP contribution < -0.4 is 5.32 Å². The lowest BCUT2D eigenvalue weighted by Crippen LogP contribution is -2.23. The number of thiazole rings is 1. The lowest BCUT2D eigenvalue weighted by Gasteiger charge is -2.19. The molecule has 21 heavy (non-hydrogen) atoms. The zero-order valence-corrected chi connectivity index (χ0v) is 12.9. The summed E-state index contributed by atoms with van der Waals surface area (Å²) >= 11 is 1.75. The van der Waals surface area contributed by atoms with Gasteiger partial charge in [0.15, 0.2) is 0 Å². The first-order valence-electron chi connectivity index (χ1n) is 7.24. The average Bonchev–Trinajstić information content (AvgIpc) is 2.98. The molecule has 0 saturated carbocycles. The second-order valence-electron chi connectivity index (χ2n) is 5.55. The van der Waals surface area contributed by atoms with Gasteiger partial charge in [0.2, 0.25) is 0 Å². The van der Waals surface area contributed by atoms with Gasteiger partial charge in [0.25, 0.3) is 0 Å². The molecule has 2 atom stereocenters. The molecular weight excluding hydrogens is 290 g/mol. The standard InChI is InChI=1S/C16H18F2N2S/c1-9(12-7-6-11(17)8-13(12)18)19-10(2)16-20-14-4-3-5-15(14)21-16/h6-10,19H,3-5H2,1-2H3/t9-,10-/m1/s1. The smallest absolute Gasteiger partial charge is 0.130 e. The van der Waals surface area contributed by atoms with Crippen LogP contribution in [0.15, 0.2) is 18.2 Å². The van der Waals surface area contributed by atoms with Crippen LogP contribution in [0.2, 0.25) is 0 Å². The van der Waals surface area contributed by atoms with Crippen molar-refractivity contribution in [3.05, 3.63) is 51.0 Å². The SMILES string of the molecule is C[C@@H](N[C@H](C)c1ccc(F)cc1F)c1nc2c(s1)CCC2. The minimum atomic E-state index is -0.548. The van der Waals surface area contributed by atoms with Gasteiger partial charge in [-0.15, -0.1) is 11.3 Å². The van der Waals surface area contributed by atoms with Crippen LogP contribution in [0.25, 0.3) is 0 Å². The lowest BCUT2D eigenvalue weighted by molar-refractivity contribution is 0.469. The van der Waals surface area contributed by atoms with Crippen molar-refractivity contribution < 1.29 is 8.78 Å². The number of hydrogen-bond donors (Lipinski definition) is 1. The molecule has 0 fully saturated rings. The Labute approximate surface area is 127 Å². The minimum Gasteiger partial charge on any atom is -0.301 e. The highest BCUT2D eigenvalue weighted by Gasteiger charge is 2.21. The van der Waals surface area contributed by atoms with Crippen LogP contribution in [0.4, 0.5) is 8.78 Å². The van der Waals surface area contributed by atoms with Gasteiger partial charge in [-0.25, -0.2) is 13.8 Å². The average molecular weight is 308 g/mol. The third-order valence-corrected chi connectivity index (χ3v) is 5.25. The summed E-state index contributed by atoms with van der Waals surface area (Å²) in [5.74, 6) is -1.06. The highest BCUT2D eigenvalue weighted by atomic mass is 32.1. The molecule has 0 amide bonds. The van der Waals surface area contributed by atoms with Crippen LogP contribution in [0.5, 0.6) is 0 Å².